The van der Waals surface area contributed by atoms with E-state index in [-0.39, 0.29) is 35.5 Å². The van der Waals surface area contributed by atoms with Crippen LogP contribution in [-0.2, 0) is 14.3 Å². The van der Waals surface area contributed by atoms with Gasteiger partial charge in [0.2, 0.25) is 11.8 Å². The zero-order chi connectivity index (χ0) is 17.4. The van der Waals surface area contributed by atoms with Crippen molar-refractivity contribution in [1.82, 2.24) is 9.80 Å². The fraction of sp³-hybridized carbons (Fsp3) is 0.579. The van der Waals surface area contributed by atoms with E-state index >= 15 is 0 Å². The van der Waals surface area contributed by atoms with Crippen LogP contribution in [0, 0.1) is 11.7 Å². The molecule has 0 N–H and O–H groups in total. The highest BCUT2D eigenvalue weighted by Crippen LogP contribution is 2.49. The number of carbonyl (C=O) groups is 2. The first-order valence-corrected chi connectivity index (χ1v) is 9.07. The predicted molar refractivity (Wildman–Crippen MR) is 89.4 cm³/mol. The Hall–Kier alpha value is -1.95. The number of likely N-dealkylation sites (tertiary alicyclic amines) is 1. The van der Waals surface area contributed by atoms with Gasteiger partial charge in [0.05, 0.1) is 13.2 Å². The number of nitrogens with zero attached hydrogens (tertiary/aromatic N) is 2. The van der Waals surface area contributed by atoms with Crippen molar-refractivity contribution in [3.05, 3.63) is 35.6 Å². The van der Waals surface area contributed by atoms with Crippen LogP contribution in [0.5, 0.6) is 0 Å². The first-order valence-electron chi connectivity index (χ1n) is 9.07. The van der Waals surface area contributed by atoms with E-state index in [9.17, 15) is 14.0 Å². The summed E-state index contributed by atoms with van der Waals surface area (Å²) in [5.74, 6) is -0.185. The lowest BCUT2D eigenvalue weighted by Gasteiger charge is -2.32. The smallest absolute Gasteiger partial charge is 0.245 e. The summed E-state index contributed by atoms with van der Waals surface area (Å²) in [5, 5.41) is 0. The zero-order valence-electron chi connectivity index (χ0n) is 14.2. The molecule has 4 rings (SSSR count). The van der Waals surface area contributed by atoms with E-state index in [0.717, 1.165) is 24.8 Å². The molecule has 0 unspecified atom stereocenters. The first kappa shape index (κ1) is 16.5. The molecule has 1 aromatic rings. The van der Waals surface area contributed by atoms with Gasteiger partial charge in [-0.1, -0.05) is 12.1 Å². The highest BCUT2D eigenvalue weighted by atomic mass is 19.1. The molecule has 5 nitrogen and oxygen atoms in total. The molecule has 1 aromatic carbocycles. The van der Waals surface area contributed by atoms with Gasteiger partial charge in [0.1, 0.15) is 11.9 Å². The molecular formula is C19H23FN2O3. The SMILES string of the molecule is O=C([C@H]1CCCN1C(=O)[C@H]1C[C@H]1c1cccc(F)c1)N1CCOCC1. The van der Waals surface area contributed by atoms with Gasteiger partial charge < -0.3 is 14.5 Å². The van der Waals surface area contributed by atoms with Crippen LogP contribution >= 0.6 is 0 Å². The standard InChI is InChI=1S/C19H23FN2O3/c20-14-4-1-3-13(11-14)15-12-16(15)18(23)22-6-2-5-17(22)19(24)21-7-9-25-10-8-21/h1,3-4,11,15-17H,2,5-10,12H2/t15-,16-,17+/m0/s1. The molecule has 0 radical (unpaired) electrons. The molecule has 0 spiro atoms. The van der Waals surface area contributed by atoms with E-state index in [1.54, 1.807) is 11.0 Å². The van der Waals surface area contributed by atoms with Crippen LogP contribution in [0.4, 0.5) is 4.39 Å². The largest absolute Gasteiger partial charge is 0.378 e. The molecule has 2 amide bonds. The lowest BCUT2D eigenvalue weighted by Crippen LogP contribution is -2.51. The van der Waals surface area contributed by atoms with Gasteiger partial charge in [-0.15, -0.1) is 0 Å². The van der Waals surface area contributed by atoms with Crippen LogP contribution in [0.2, 0.25) is 0 Å². The maximum absolute atomic E-state index is 13.4. The highest BCUT2D eigenvalue weighted by Gasteiger charge is 2.49. The van der Waals surface area contributed by atoms with E-state index in [4.69, 9.17) is 4.74 Å². The lowest BCUT2D eigenvalue weighted by atomic mass is 10.1. The quantitative estimate of drug-likeness (QED) is 0.838. The monoisotopic (exact) mass is 346 g/mol. The van der Waals surface area contributed by atoms with Crippen molar-refractivity contribution >= 4 is 11.8 Å². The Morgan fingerprint density at radius 1 is 1.12 bits per heavy atom. The number of amides is 2. The third kappa shape index (κ3) is 3.27. The molecular weight excluding hydrogens is 323 g/mol. The molecule has 3 aliphatic rings. The topological polar surface area (TPSA) is 49.9 Å². The first-order chi connectivity index (χ1) is 12.1. The maximum atomic E-state index is 13.4. The van der Waals surface area contributed by atoms with Crippen LogP contribution in [0.25, 0.3) is 0 Å². The Morgan fingerprint density at radius 3 is 2.68 bits per heavy atom. The fourth-order valence-corrected chi connectivity index (χ4v) is 4.07. The Bertz CT molecular complexity index is 674. The Balaban J connectivity index is 1.42. The number of carbonyl (C=O) groups excluding carboxylic acids is 2. The number of rotatable bonds is 3. The Morgan fingerprint density at radius 2 is 1.92 bits per heavy atom. The second kappa shape index (κ2) is 6.75. The zero-order valence-corrected chi connectivity index (χ0v) is 14.2. The lowest BCUT2D eigenvalue weighted by molar-refractivity contribution is -0.147. The molecule has 2 saturated heterocycles. The summed E-state index contributed by atoms with van der Waals surface area (Å²) in [6, 6.07) is 6.16. The van der Waals surface area contributed by atoms with Crippen molar-refractivity contribution in [1.29, 1.82) is 0 Å². The summed E-state index contributed by atoms with van der Waals surface area (Å²) < 4.78 is 18.7. The Labute approximate surface area is 146 Å². The molecule has 25 heavy (non-hydrogen) atoms. The van der Waals surface area contributed by atoms with E-state index in [1.165, 1.54) is 12.1 Å². The number of morpholine rings is 1. The minimum absolute atomic E-state index is 0.0529. The highest BCUT2D eigenvalue weighted by molar-refractivity contribution is 5.90. The van der Waals surface area contributed by atoms with Crippen molar-refractivity contribution in [2.24, 2.45) is 5.92 Å². The number of hydrogen-bond donors (Lipinski definition) is 0. The second-order valence-corrected chi connectivity index (χ2v) is 7.13. The van der Waals surface area contributed by atoms with Gasteiger partial charge >= 0.3 is 0 Å². The predicted octanol–water partition coefficient (Wildman–Crippen LogP) is 1.78. The fourth-order valence-electron chi connectivity index (χ4n) is 4.07. The minimum Gasteiger partial charge on any atom is -0.378 e. The molecule has 1 aliphatic carbocycles. The third-order valence-corrected chi connectivity index (χ3v) is 5.53. The van der Waals surface area contributed by atoms with Crippen molar-refractivity contribution in [3.63, 3.8) is 0 Å². The van der Waals surface area contributed by atoms with Crippen molar-refractivity contribution in [3.8, 4) is 0 Å². The molecule has 6 heteroatoms. The molecule has 0 aromatic heterocycles. The van der Waals surface area contributed by atoms with Crippen molar-refractivity contribution < 1.29 is 18.7 Å². The van der Waals surface area contributed by atoms with Crippen molar-refractivity contribution in [2.75, 3.05) is 32.8 Å². The van der Waals surface area contributed by atoms with Gasteiger partial charge in [-0.3, -0.25) is 9.59 Å². The summed E-state index contributed by atoms with van der Waals surface area (Å²) in [6.07, 6.45) is 2.35. The van der Waals surface area contributed by atoms with E-state index in [2.05, 4.69) is 0 Å². The van der Waals surface area contributed by atoms with Gasteiger partial charge in [0.15, 0.2) is 0 Å². The van der Waals surface area contributed by atoms with E-state index in [0.29, 0.717) is 32.8 Å². The number of ether oxygens (including phenoxy) is 1. The van der Waals surface area contributed by atoms with Gasteiger partial charge in [-0.05, 0) is 42.9 Å². The molecule has 1 saturated carbocycles. The summed E-state index contributed by atoms with van der Waals surface area (Å²) in [4.78, 5) is 29.3. The van der Waals surface area contributed by atoms with Gasteiger partial charge in [-0.25, -0.2) is 4.39 Å². The van der Waals surface area contributed by atoms with Gasteiger partial charge in [0, 0.05) is 25.6 Å². The molecule has 134 valence electrons. The summed E-state index contributed by atoms with van der Waals surface area (Å²) in [7, 11) is 0. The van der Waals surface area contributed by atoms with Crippen LogP contribution in [0.15, 0.2) is 24.3 Å². The average molecular weight is 346 g/mol. The number of hydrogen-bond acceptors (Lipinski definition) is 3. The van der Waals surface area contributed by atoms with E-state index in [1.807, 2.05) is 11.0 Å². The van der Waals surface area contributed by atoms with Crippen LogP contribution < -0.4 is 0 Å². The molecule has 3 fully saturated rings. The minimum atomic E-state index is -0.334. The number of halogens is 1. The van der Waals surface area contributed by atoms with Crippen LogP contribution in [0.3, 0.4) is 0 Å². The molecule has 2 heterocycles. The molecule has 0 bridgehead atoms. The summed E-state index contributed by atoms with van der Waals surface area (Å²) >= 11 is 0. The normalized spacial score (nSPS) is 28.9. The molecule has 2 aliphatic heterocycles. The van der Waals surface area contributed by atoms with E-state index < -0.39 is 0 Å². The van der Waals surface area contributed by atoms with Gasteiger partial charge in [-0.2, -0.15) is 0 Å². The second-order valence-electron chi connectivity index (χ2n) is 7.13. The number of benzene rings is 1. The van der Waals surface area contributed by atoms with Gasteiger partial charge in [0.25, 0.3) is 0 Å². The summed E-state index contributed by atoms with van der Waals surface area (Å²) in [5.41, 5.74) is 0.883. The maximum Gasteiger partial charge on any atom is 0.245 e. The molecule has 3 atom stereocenters. The average Bonchev–Trinajstić information content (AvgIpc) is 3.29. The van der Waals surface area contributed by atoms with Crippen LogP contribution in [-0.4, -0.2) is 60.5 Å². The Kier molecular flexibility index (Phi) is 4.46. The van der Waals surface area contributed by atoms with Crippen LogP contribution in [0.1, 0.15) is 30.7 Å². The third-order valence-electron chi connectivity index (χ3n) is 5.53. The van der Waals surface area contributed by atoms with Crippen molar-refractivity contribution in [2.45, 2.75) is 31.2 Å². The summed E-state index contributed by atoms with van der Waals surface area (Å²) in [6.45, 7) is 2.98.